The van der Waals surface area contributed by atoms with Crippen LogP contribution < -0.4 is 11.1 Å². The van der Waals surface area contributed by atoms with E-state index in [1.165, 1.54) is 6.42 Å². The van der Waals surface area contributed by atoms with E-state index in [0.29, 0.717) is 17.2 Å². The summed E-state index contributed by atoms with van der Waals surface area (Å²) < 4.78 is 0. The van der Waals surface area contributed by atoms with E-state index in [9.17, 15) is 4.79 Å². The third-order valence-electron chi connectivity index (χ3n) is 4.58. The summed E-state index contributed by atoms with van der Waals surface area (Å²) in [6, 6.07) is 3.71. The van der Waals surface area contributed by atoms with Crippen molar-refractivity contribution in [2.45, 2.75) is 58.8 Å². The number of hydrogen-bond donors (Lipinski definition) is 2. The molecule has 0 unspecified atom stereocenters. The van der Waals surface area contributed by atoms with Gasteiger partial charge in [0, 0.05) is 35.6 Å². The molecule has 1 heterocycles. The normalized spacial score (nSPS) is 12.6. The number of hydrogen-bond acceptors (Lipinski definition) is 5. The summed E-state index contributed by atoms with van der Waals surface area (Å²) in [5.41, 5.74) is 10.8. The number of anilines is 2. The summed E-state index contributed by atoms with van der Waals surface area (Å²) in [5, 5.41) is 3.86. The van der Waals surface area contributed by atoms with Crippen molar-refractivity contribution in [3.05, 3.63) is 40.0 Å². The summed E-state index contributed by atoms with van der Waals surface area (Å²) in [5.74, 6) is 1.45. The summed E-state index contributed by atoms with van der Waals surface area (Å²) in [6.45, 7) is 8.35. The molecule has 1 aromatic heterocycles. The second-order valence-electron chi connectivity index (χ2n) is 8.62. The molecule has 1 aliphatic carbocycles. The van der Waals surface area contributed by atoms with Crippen LogP contribution in [0.15, 0.2) is 18.3 Å². The van der Waals surface area contributed by atoms with Gasteiger partial charge in [-0.25, -0.2) is 4.98 Å². The average molecular weight is 447 g/mol. The molecule has 1 saturated carbocycles. The van der Waals surface area contributed by atoms with Crippen LogP contribution in [-0.4, -0.2) is 44.4 Å². The fraction of sp³-hybridized carbons (Fsp3) is 0.520. The van der Waals surface area contributed by atoms with Crippen LogP contribution in [-0.2, 0) is 0 Å². The molecular formula is C25H39ClN4O. The fourth-order valence-electron chi connectivity index (χ4n) is 3.28. The maximum atomic E-state index is 11.6. The van der Waals surface area contributed by atoms with Crippen molar-refractivity contribution < 1.29 is 4.79 Å². The van der Waals surface area contributed by atoms with Crippen molar-refractivity contribution in [1.29, 1.82) is 0 Å². The average Bonchev–Trinajstić information content (AvgIpc) is 3.52. The third-order valence-corrected chi connectivity index (χ3v) is 4.99. The number of halogens is 1. The molecule has 0 bridgehead atoms. The van der Waals surface area contributed by atoms with Gasteiger partial charge in [-0.2, -0.15) is 0 Å². The second kappa shape index (κ2) is 12.7. The van der Waals surface area contributed by atoms with Crippen molar-refractivity contribution in [2.75, 3.05) is 39.2 Å². The van der Waals surface area contributed by atoms with Gasteiger partial charge in [0.15, 0.2) is 6.29 Å². The number of carbonyl (C=O) groups excluding carboxylic acids is 1. The molecular weight excluding hydrogens is 408 g/mol. The van der Waals surface area contributed by atoms with Gasteiger partial charge in [-0.3, -0.25) is 4.79 Å². The van der Waals surface area contributed by atoms with E-state index in [1.807, 2.05) is 39.2 Å². The maximum absolute atomic E-state index is 11.6. The molecule has 3 rings (SSSR count). The van der Waals surface area contributed by atoms with Gasteiger partial charge in [0.05, 0.1) is 5.02 Å². The standard InChI is InChI=1S/C19H22ClN3O.C3H9N.C3H8/c1-10(2)16-12(6-7-15(21)14(16)9-24)13-8-23-19(22-3)17(18(13)20)11-4-5-11;1-4(2)3;1-3-2/h6-11H,4-5,21H2,1-3H3,(H,22,23);1-3H3;3H2,1-2H3. The van der Waals surface area contributed by atoms with Gasteiger partial charge in [0.1, 0.15) is 5.82 Å². The van der Waals surface area contributed by atoms with Crippen LogP contribution >= 0.6 is 11.6 Å². The fourth-order valence-corrected chi connectivity index (χ4v) is 3.67. The first-order valence-corrected chi connectivity index (χ1v) is 11.4. The van der Waals surface area contributed by atoms with Crippen molar-refractivity contribution >= 4 is 29.4 Å². The Kier molecular flexibility index (Phi) is 11.0. The summed E-state index contributed by atoms with van der Waals surface area (Å²) in [7, 11) is 7.86. The highest BCUT2D eigenvalue weighted by molar-refractivity contribution is 6.34. The highest BCUT2D eigenvalue weighted by atomic mass is 35.5. The number of aldehydes is 1. The van der Waals surface area contributed by atoms with Crippen LogP contribution in [0, 0.1) is 0 Å². The summed E-state index contributed by atoms with van der Waals surface area (Å²) >= 11 is 6.77. The number of nitrogen functional groups attached to an aromatic ring is 1. The Balaban J connectivity index is 0.000000604. The molecule has 3 N–H and O–H groups in total. The molecule has 172 valence electrons. The number of nitrogens with one attached hydrogen (secondary N) is 1. The van der Waals surface area contributed by atoms with Crippen LogP contribution in [0.25, 0.3) is 11.1 Å². The second-order valence-corrected chi connectivity index (χ2v) is 9.00. The lowest BCUT2D eigenvalue weighted by atomic mass is 9.88. The van der Waals surface area contributed by atoms with Crippen LogP contribution in [0.2, 0.25) is 5.02 Å². The number of aromatic nitrogens is 1. The zero-order valence-corrected chi connectivity index (χ0v) is 21.1. The molecule has 0 spiro atoms. The van der Waals surface area contributed by atoms with Crippen molar-refractivity contribution in [3.8, 4) is 11.1 Å². The predicted octanol–water partition coefficient (Wildman–Crippen LogP) is 6.43. The summed E-state index contributed by atoms with van der Waals surface area (Å²) in [6.07, 6.45) is 6.14. The van der Waals surface area contributed by atoms with Gasteiger partial charge in [0.25, 0.3) is 0 Å². The maximum Gasteiger partial charge on any atom is 0.152 e. The molecule has 1 aliphatic rings. The minimum Gasteiger partial charge on any atom is -0.398 e. The van der Waals surface area contributed by atoms with E-state index >= 15 is 0 Å². The number of rotatable bonds is 5. The van der Waals surface area contributed by atoms with Gasteiger partial charge < -0.3 is 16.0 Å². The smallest absolute Gasteiger partial charge is 0.152 e. The Hall–Kier alpha value is -2.11. The Labute approximate surface area is 193 Å². The first-order chi connectivity index (χ1) is 14.6. The van der Waals surface area contributed by atoms with Gasteiger partial charge in [0.2, 0.25) is 0 Å². The number of nitrogens with two attached hydrogens (primary N) is 1. The van der Waals surface area contributed by atoms with E-state index in [2.05, 4.69) is 38.0 Å². The van der Waals surface area contributed by atoms with Gasteiger partial charge in [-0.1, -0.05) is 51.8 Å². The van der Waals surface area contributed by atoms with E-state index in [1.54, 1.807) is 12.3 Å². The molecule has 0 amide bonds. The number of carbonyl (C=O) groups is 1. The lowest BCUT2D eigenvalue weighted by Gasteiger charge is -2.20. The Bertz CT molecular complexity index is 858. The highest BCUT2D eigenvalue weighted by Crippen LogP contribution is 2.49. The minimum absolute atomic E-state index is 0.146. The molecule has 0 saturated heterocycles. The summed E-state index contributed by atoms with van der Waals surface area (Å²) in [4.78, 5) is 18.1. The lowest BCUT2D eigenvalue weighted by molar-refractivity contribution is 0.112. The van der Waals surface area contributed by atoms with E-state index in [-0.39, 0.29) is 5.92 Å². The molecule has 1 aromatic carbocycles. The molecule has 0 atom stereocenters. The Morgan fingerprint density at radius 3 is 2.19 bits per heavy atom. The molecule has 6 heteroatoms. The van der Waals surface area contributed by atoms with Gasteiger partial charge in [-0.15, -0.1) is 0 Å². The zero-order chi connectivity index (χ0) is 23.7. The lowest BCUT2D eigenvalue weighted by Crippen LogP contribution is -2.05. The molecule has 1 fully saturated rings. The SMILES string of the molecule is CCC.CN(C)C.CNc1ncc(-c2ccc(N)c(C=O)c2C(C)C)c(Cl)c1C1CC1. The van der Waals surface area contributed by atoms with Gasteiger partial charge >= 0.3 is 0 Å². The number of pyridine rings is 1. The first-order valence-electron chi connectivity index (χ1n) is 11.0. The minimum atomic E-state index is 0.146. The molecule has 0 radical (unpaired) electrons. The predicted molar refractivity (Wildman–Crippen MR) is 136 cm³/mol. The first kappa shape index (κ1) is 26.9. The monoisotopic (exact) mass is 446 g/mol. The number of benzene rings is 1. The van der Waals surface area contributed by atoms with Crippen LogP contribution in [0.1, 0.15) is 80.3 Å². The Morgan fingerprint density at radius 2 is 1.77 bits per heavy atom. The van der Waals surface area contributed by atoms with Crippen LogP contribution in [0.5, 0.6) is 0 Å². The Morgan fingerprint density at radius 1 is 1.23 bits per heavy atom. The topological polar surface area (TPSA) is 71.2 Å². The van der Waals surface area contributed by atoms with Crippen molar-refractivity contribution in [1.82, 2.24) is 9.88 Å². The quantitative estimate of drug-likeness (QED) is 0.408. The molecule has 0 aliphatic heterocycles. The number of nitrogens with zero attached hydrogens (tertiary/aromatic N) is 2. The van der Waals surface area contributed by atoms with Crippen molar-refractivity contribution in [2.24, 2.45) is 0 Å². The van der Waals surface area contributed by atoms with Crippen molar-refractivity contribution in [3.63, 3.8) is 0 Å². The van der Waals surface area contributed by atoms with Gasteiger partial charge in [-0.05, 0) is 63.0 Å². The molecule has 5 nitrogen and oxygen atoms in total. The molecule has 2 aromatic rings. The highest BCUT2D eigenvalue weighted by Gasteiger charge is 2.31. The molecule has 31 heavy (non-hydrogen) atoms. The van der Waals surface area contributed by atoms with Crippen LogP contribution in [0.3, 0.4) is 0 Å². The zero-order valence-electron chi connectivity index (χ0n) is 20.3. The van der Waals surface area contributed by atoms with E-state index in [4.69, 9.17) is 17.3 Å². The van der Waals surface area contributed by atoms with E-state index < -0.39 is 0 Å². The largest absolute Gasteiger partial charge is 0.398 e. The van der Waals surface area contributed by atoms with E-state index in [0.717, 1.165) is 52.2 Å². The third kappa shape index (κ3) is 7.22. The van der Waals surface area contributed by atoms with Crippen LogP contribution in [0.4, 0.5) is 11.5 Å².